The molecule has 0 unspecified atom stereocenters. The van der Waals surface area contributed by atoms with Gasteiger partial charge in [0.1, 0.15) is 6.07 Å². The molecule has 0 radical (unpaired) electrons. The largest absolute Gasteiger partial charge is 0.478 e. The number of pyridine rings is 1. The minimum absolute atomic E-state index is 0.533. The summed E-state index contributed by atoms with van der Waals surface area (Å²) < 4.78 is 5.25. The summed E-state index contributed by atoms with van der Waals surface area (Å²) in [6.07, 6.45) is 2.29. The first-order chi connectivity index (χ1) is 6.36. The molecular formula is C9H11N3O. The molecule has 1 heterocycles. The van der Waals surface area contributed by atoms with E-state index in [1.807, 2.05) is 6.07 Å². The highest BCUT2D eigenvalue weighted by Crippen LogP contribution is 2.06. The molecule has 4 heteroatoms. The molecule has 13 heavy (non-hydrogen) atoms. The van der Waals surface area contributed by atoms with Crippen LogP contribution in [-0.4, -0.2) is 18.1 Å². The third-order valence-corrected chi connectivity index (χ3v) is 1.46. The van der Waals surface area contributed by atoms with Gasteiger partial charge in [0.05, 0.1) is 12.2 Å². The van der Waals surface area contributed by atoms with Gasteiger partial charge in [0.15, 0.2) is 0 Å². The van der Waals surface area contributed by atoms with Crippen LogP contribution in [0.15, 0.2) is 18.3 Å². The molecule has 1 aromatic heterocycles. The second-order valence-electron chi connectivity index (χ2n) is 2.49. The predicted molar refractivity (Wildman–Crippen MR) is 48.1 cm³/mol. The topological polar surface area (TPSA) is 71.9 Å². The van der Waals surface area contributed by atoms with E-state index in [1.165, 1.54) is 6.20 Å². The van der Waals surface area contributed by atoms with Gasteiger partial charge in [-0.25, -0.2) is 4.98 Å². The van der Waals surface area contributed by atoms with Crippen molar-refractivity contribution in [2.75, 3.05) is 13.2 Å². The number of nitrogens with two attached hydrogens (primary N) is 1. The lowest BCUT2D eigenvalue weighted by atomic mass is 10.3. The maximum absolute atomic E-state index is 8.50. The van der Waals surface area contributed by atoms with Gasteiger partial charge < -0.3 is 10.5 Å². The second-order valence-corrected chi connectivity index (χ2v) is 2.49. The van der Waals surface area contributed by atoms with E-state index < -0.39 is 0 Å². The van der Waals surface area contributed by atoms with Crippen LogP contribution in [0.5, 0.6) is 5.88 Å². The summed E-state index contributed by atoms with van der Waals surface area (Å²) in [6.45, 7) is 1.17. The number of ether oxygens (including phenoxy) is 1. The van der Waals surface area contributed by atoms with E-state index in [0.29, 0.717) is 24.6 Å². The molecule has 4 nitrogen and oxygen atoms in total. The molecule has 2 N–H and O–H groups in total. The zero-order valence-electron chi connectivity index (χ0n) is 7.23. The van der Waals surface area contributed by atoms with Gasteiger partial charge in [0.2, 0.25) is 5.88 Å². The van der Waals surface area contributed by atoms with E-state index in [2.05, 4.69) is 4.98 Å². The summed E-state index contributed by atoms with van der Waals surface area (Å²) in [5.41, 5.74) is 5.83. The number of rotatable bonds is 4. The highest BCUT2D eigenvalue weighted by molar-refractivity contribution is 5.28. The van der Waals surface area contributed by atoms with Crippen molar-refractivity contribution in [2.45, 2.75) is 6.42 Å². The predicted octanol–water partition coefficient (Wildman–Crippen LogP) is 0.681. The van der Waals surface area contributed by atoms with Crippen molar-refractivity contribution in [3.8, 4) is 11.9 Å². The maximum Gasteiger partial charge on any atom is 0.213 e. The summed E-state index contributed by atoms with van der Waals surface area (Å²) in [5.74, 6) is 0.535. The van der Waals surface area contributed by atoms with Gasteiger partial charge in [-0.05, 0) is 19.0 Å². The van der Waals surface area contributed by atoms with E-state index in [4.69, 9.17) is 15.7 Å². The molecule has 0 saturated heterocycles. The van der Waals surface area contributed by atoms with Crippen LogP contribution >= 0.6 is 0 Å². The Morgan fingerprint density at radius 1 is 1.54 bits per heavy atom. The van der Waals surface area contributed by atoms with Crippen LogP contribution in [0.25, 0.3) is 0 Å². The van der Waals surface area contributed by atoms with Gasteiger partial charge in [-0.1, -0.05) is 0 Å². The van der Waals surface area contributed by atoms with Gasteiger partial charge in [0, 0.05) is 12.3 Å². The smallest absolute Gasteiger partial charge is 0.213 e. The molecule has 0 amide bonds. The van der Waals surface area contributed by atoms with Gasteiger partial charge >= 0.3 is 0 Å². The minimum atomic E-state index is 0.533. The van der Waals surface area contributed by atoms with Crippen LogP contribution in [0.3, 0.4) is 0 Å². The molecule has 1 aromatic rings. The van der Waals surface area contributed by atoms with Gasteiger partial charge in [-0.15, -0.1) is 0 Å². The Bertz CT molecular complexity index is 289. The lowest BCUT2D eigenvalue weighted by molar-refractivity contribution is 0.301. The molecular weight excluding hydrogens is 166 g/mol. The minimum Gasteiger partial charge on any atom is -0.478 e. The number of aromatic nitrogens is 1. The Hall–Kier alpha value is -1.60. The Morgan fingerprint density at radius 3 is 2.92 bits per heavy atom. The molecule has 68 valence electrons. The molecule has 0 aromatic carbocycles. The second kappa shape index (κ2) is 5.12. The Morgan fingerprint density at radius 2 is 2.38 bits per heavy atom. The SMILES string of the molecule is N#Cc1ccc(OCCCN)nc1. The quantitative estimate of drug-likeness (QED) is 0.686. The van der Waals surface area contributed by atoms with Crippen LogP contribution in [0.1, 0.15) is 12.0 Å². The zero-order chi connectivity index (χ0) is 9.52. The Labute approximate surface area is 77.0 Å². The van der Waals surface area contributed by atoms with Crippen molar-refractivity contribution < 1.29 is 4.74 Å². The molecule has 0 bridgehead atoms. The van der Waals surface area contributed by atoms with Crippen molar-refractivity contribution in [1.29, 1.82) is 5.26 Å². The van der Waals surface area contributed by atoms with Crippen LogP contribution in [0, 0.1) is 11.3 Å². The third kappa shape index (κ3) is 3.09. The molecule has 1 rings (SSSR count). The molecule has 0 aliphatic rings. The Balaban J connectivity index is 2.46. The summed E-state index contributed by atoms with van der Waals surface area (Å²) in [6, 6.07) is 5.33. The van der Waals surface area contributed by atoms with Crippen molar-refractivity contribution in [2.24, 2.45) is 5.73 Å². The molecule has 0 spiro atoms. The van der Waals surface area contributed by atoms with E-state index in [1.54, 1.807) is 12.1 Å². The highest BCUT2D eigenvalue weighted by Gasteiger charge is 1.94. The van der Waals surface area contributed by atoms with Gasteiger partial charge in [0.25, 0.3) is 0 Å². The van der Waals surface area contributed by atoms with Crippen molar-refractivity contribution in [3.63, 3.8) is 0 Å². The summed E-state index contributed by atoms with van der Waals surface area (Å²) in [4.78, 5) is 3.94. The number of nitrogens with zero attached hydrogens (tertiary/aromatic N) is 2. The first-order valence-electron chi connectivity index (χ1n) is 4.06. The maximum atomic E-state index is 8.50. The molecule has 0 aliphatic heterocycles. The lowest BCUT2D eigenvalue weighted by Crippen LogP contribution is -2.06. The number of nitriles is 1. The molecule has 0 aliphatic carbocycles. The molecule has 0 saturated carbocycles. The van der Waals surface area contributed by atoms with Crippen molar-refractivity contribution in [3.05, 3.63) is 23.9 Å². The monoisotopic (exact) mass is 177 g/mol. The fourth-order valence-corrected chi connectivity index (χ4v) is 0.792. The average Bonchev–Trinajstić information content (AvgIpc) is 2.19. The van der Waals surface area contributed by atoms with Crippen molar-refractivity contribution in [1.82, 2.24) is 4.98 Å². The van der Waals surface area contributed by atoms with Gasteiger partial charge in [-0.3, -0.25) is 0 Å². The van der Waals surface area contributed by atoms with E-state index in [9.17, 15) is 0 Å². The van der Waals surface area contributed by atoms with Gasteiger partial charge in [-0.2, -0.15) is 5.26 Å². The standard InChI is InChI=1S/C9H11N3O/c10-4-1-5-13-9-3-2-8(6-11)7-12-9/h2-3,7H,1,4-5,10H2. The van der Waals surface area contributed by atoms with Crippen molar-refractivity contribution >= 4 is 0 Å². The number of hydrogen-bond donors (Lipinski definition) is 1. The molecule has 0 fully saturated rings. The summed E-state index contributed by atoms with van der Waals surface area (Å²) in [7, 11) is 0. The van der Waals surface area contributed by atoms with Crippen LogP contribution in [0.2, 0.25) is 0 Å². The van der Waals surface area contributed by atoms with E-state index in [0.717, 1.165) is 6.42 Å². The first kappa shape index (κ1) is 9.49. The zero-order valence-corrected chi connectivity index (χ0v) is 7.23. The fourth-order valence-electron chi connectivity index (χ4n) is 0.792. The van der Waals surface area contributed by atoms with Crippen LogP contribution in [-0.2, 0) is 0 Å². The van der Waals surface area contributed by atoms with E-state index in [-0.39, 0.29) is 0 Å². The van der Waals surface area contributed by atoms with Crippen LogP contribution < -0.4 is 10.5 Å². The van der Waals surface area contributed by atoms with Crippen LogP contribution in [0.4, 0.5) is 0 Å². The normalized spacial score (nSPS) is 9.23. The summed E-state index contributed by atoms with van der Waals surface area (Å²) in [5, 5.41) is 8.50. The first-order valence-corrected chi connectivity index (χ1v) is 4.06. The highest BCUT2D eigenvalue weighted by atomic mass is 16.5. The van der Waals surface area contributed by atoms with E-state index >= 15 is 0 Å². The molecule has 0 atom stereocenters. The average molecular weight is 177 g/mol. The third-order valence-electron chi connectivity index (χ3n) is 1.46. The number of hydrogen-bond acceptors (Lipinski definition) is 4. The summed E-state index contributed by atoms with van der Waals surface area (Å²) >= 11 is 0. The Kier molecular flexibility index (Phi) is 3.74. The lowest BCUT2D eigenvalue weighted by Gasteiger charge is -2.02. The fraction of sp³-hybridized carbons (Fsp3) is 0.333.